The molecular formula is C38H48N2O11S. The molecule has 0 spiro atoms. The van der Waals surface area contributed by atoms with Crippen LogP contribution in [0.4, 0.5) is 0 Å². The third-order valence-electron chi connectivity index (χ3n) is 8.93. The maximum Gasteiger partial charge on any atom is 0.307 e. The second kappa shape index (κ2) is 19.7. The Hall–Kier alpha value is -4.85. The molecule has 4 atom stereocenters. The van der Waals surface area contributed by atoms with E-state index in [1.165, 1.54) is 6.08 Å². The number of fused-ring (bicyclic) bond motifs is 1. The second-order valence-electron chi connectivity index (χ2n) is 13.3. The van der Waals surface area contributed by atoms with Crippen molar-refractivity contribution in [1.82, 2.24) is 10.6 Å². The van der Waals surface area contributed by atoms with E-state index in [4.69, 9.17) is 14.2 Å². The van der Waals surface area contributed by atoms with Gasteiger partial charge in [-0.25, -0.2) is 8.42 Å². The van der Waals surface area contributed by atoms with Crippen LogP contribution in [-0.4, -0.2) is 76.5 Å². The van der Waals surface area contributed by atoms with Gasteiger partial charge in [0.2, 0.25) is 11.8 Å². The molecule has 13 nitrogen and oxygen atoms in total. The highest BCUT2D eigenvalue weighted by Gasteiger charge is 2.39. The van der Waals surface area contributed by atoms with Crippen molar-refractivity contribution in [2.75, 3.05) is 20.5 Å². The molecule has 0 aromatic heterocycles. The number of carbonyl (C=O) groups is 6. The highest BCUT2D eigenvalue weighted by atomic mass is 32.2. The standard InChI is InChI=1S/C38H48N2O11S/c1-24(2)31(38(46)39-30(21-34(43)50-4)15-16-52(5,47)48)22-32(41)36(28-17-26-13-9-10-14-27(26)18-28)40-37(45)29(19-33(42)49-3)20-35(44)51-23-25-11-7-6-8-12-25/h6-16,24,28-31,36H,17-23H2,1-5H3,(H,39,46)(H,40,45)/b16-15+/t29-,30?,31+,36+/m1/s1. The Morgan fingerprint density at radius 2 is 1.33 bits per heavy atom. The number of ketones is 1. The minimum atomic E-state index is -3.58. The number of nitrogens with one attached hydrogen (secondary N) is 2. The van der Waals surface area contributed by atoms with Crippen LogP contribution in [0.2, 0.25) is 0 Å². The number of amides is 2. The summed E-state index contributed by atoms with van der Waals surface area (Å²) < 4.78 is 38.4. The van der Waals surface area contributed by atoms with Gasteiger partial charge in [-0.3, -0.25) is 28.8 Å². The monoisotopic (exact) mass is 740 g/mol. The van der Waals surface area contributed by atoms with Crippen LogP contribution in [0.25, 0.3) is 0 Å². The molecule has 0 fully saturated rings. The molecule has 0 bridgehead atoms. The lowest BCUT2D eigenvalue weighted by Gasteiger charge is -2.29. The van der Waals surface area contributed by atoms with Crippen molar-refractivity contribution >= 4 is 45.3 Å². The molecule has 0 saturated carbocycles. The van der Waals surface area contributed by atoms with Crippen molar-refractivity contribution in [1.29, 1.82) is 0 Å². The van der Waals surface area contributed by atoms with Gasteiger partial charge in [0.25, 0.3) is 0 Å². The predicted octanol–water partition coefficient (Wildman–Crippen LogP) is 3.04. The first kappa shape index (κ1) is 41.6. The topological polar surface area (TPSA) is 188 Å². The first-order chi connectivity index (χ1) is 24.6. The number of esters is 3. The summed E-state index contributed by atoms with van der Waals surface area (Å²) in [6, 6.07) is 14.5. The molecule has 1 aliphatic rings. The fourth-order valence-corrected chi connectivity index (χ4v) is 6.51. The first-order valence-corrected chi connectivity index (χ1v) is 19.0. The molecule has 0 heterocycles. The van der Waals surface area contributed by atoms with Crippen molar-refractivity contribution in [3.05, 3.63) is 82.8 Å². The Kier molecular flexibility index (Phi) is 15.7. The van der Waals surface area contributed by atoms with E-state index < -0.39 is 88.0 Å². The van der Waals surface area contributed by atoms with Gasteiger partial charge in [0.05, 0.1) is 51.5 Å². The lowest BCUT2D eigenvalue weighted by Crippen LogP contribution is -2.50. The zero-order chi connectivity index (χ0) is 38.4. The average molecular weight is 741 g/mol. The lowest BCUT2D eigenvalue weighted by atomic mass is 9.83. The van der Waals surface area contributed by atoms with Gasteiger partial charge in [-0.2, -0.15) is 0 Å². The molecule has 2 amide bonds. The summed E-state index contributed by atoms with van der Waals surface area (Å²) in [5, 5.41) is 6.36. The zero-order valence-electron chi connectivity index (χ0n) is 30.2. The minimum Gasteiger partial charge on any atom is -0.469 e. The van der Waals surface area contributed by atoms with Crippen LogP contribution in [0.1, 0.15) is 56.2 Å². The third kappa shape index (κ3) is 13.4. The van der Waals surface area contributed by atoms with Gasteiger partial charge in [0, 0.05) is 24.0 Å². The molecule has 282 valence electrons. The third-order valence-corrected chi connectivity index (χ3v) is 9.58. The maximum absolute atomic E-state index is 14.2. The number of ether oxygens (including phenoxy) is 3. The van der Waals surface area contributed by atoms with Crippen LogP contribution in [-0.2, 0) is 72.3 Å². The molecule has 1 unspecified atom stereocenters. The van der Waals surface area contributed by atoms with Gasteiger partial charge in [-0.1, -0.05) is 74.5 Å². The second-order valence-corrected chi connectivity index (χ2v) is 15.3. The number of hydrogen-bond donors (Lipinski definition) is 2. The molecule has 1 aliphatic carbocycles. The summed E-state index contributed by atoms with van der Waals surface area (Å²) in [4.78, 5) is 79.0. The van der Waals surface area contributed by atoms with E-state index in [-0.39, 0.29) is 25.4 Å². The number of hydrogen-bond acceptors (Lipinski definition) is 11. The van der Waals surface area contributed by atoms with Crippen molar-refractivity contribution in [3.63, 3.8) is 0 Å². The van der Waals surface area contributed by atoms with Gasteiger partial charge in [0.1, 0.15) is 6.61 Å². The Morgan fingerprint density at radius 1 is 0.769 bits per heavy atom. The smallest absolute Gasteiger partial charge is 0.307 e. The molecular weight excluding hydrogens is 692 g/mol. The van der Waals surface area contributed by atoms with Crippen LogP contribution < -0.4 is 10.6 Å². The van der Waals surface area contributed by atoms with Crippen molar-refractivity contribution < 1.29 is 51.4 Å². The average Bonchev–Trinajstić information content (AvgIpc) is 3.54. The molecule has 14 heteroatoms. The van der Waals surface area contributed by atoms with Gasteiger partial charge >= 0.3 is 17.9 Å². The van der Waals surface area contributed by atoms with Crippen molar-refractivity contribution in [2.24, 2.45) is 23.7 Å². The van der Waals surface area contributed by atoms with Gasteiger partial charge in [0.15, 0.2) is 15.6 Å². The number of rotatable bonds is 19. The van der Waals surface area contributed by atoms with Crippen molar-refractivity contribution in [2.45, 2.75) is 71.1 Å². The molecule has 0 saturated heterocycles. The summed E-state index contributed by atoms with van der Waals surface area (Å²) in [5.74, 6) is -6.80. The largest absolute Gasteiger partial charge is 0.469 e. The van der Waals surface area contributed by atoms with E-state index in [2.05, 4.69) is 10.6 Å². The van der Waals surface area contributed by atoms with E-state index in [1.807, 2.05) is 30.3 Å². The molecule has 2 aromatic rings. The Bertz CT molecular complexity index is 1700. The lowest BCUT2D eigenvalue weighted by molar-refractivity contribution is -0.151. The predicted molar refractivity (Wildman–Crippen MR) is 191 cm³/mol. The number of benzene rings is 2. The number of carbonyl (C=O) groups excluding carboxylic acids is 6. The van der Waals surface area contributed by atoms with Crippen LogP contribution in [0.5, 0.6) is 0 Å². The van der Waals surface area contributed by atoms with Crippen LogP contribution >= 0.6 is 0 Å². The summed E-state index contributed by atoms with van der Waals surface area (Å²) in [6.45, 7) is 3.45. The summed E-state index contributed by atoms with van der Waals surface area (Å²) in [5.41, 5.74) is 2.76. The SMILES string of the molecule is COC(=O)CC(/C=C/S(C)(=O)=O)NC(=O)[C@@H](CC(=O)[C@@H](NC(=O)[C@H](CC(=O)OC)CC(=O)OCc1ccccc1)C1Cc2ccccc2C1)C(C)C. The fourth-order valence-electron chi connectivity index (χ4n) is 6.03. The van der Waals surface area contributed by atoms with Crippen LogP contribution in [0, 0.1) is 23.7 Å². The number of sulfone groups is 1. The Morgan fingerprint density at radius 3 is 1.88 bits per heavy atom. The fraction of sp³-hybridized carbons (Fsp3) is 0.474. The first-order valence-electron chi connectivity index (χ1n) is 17.0. The molecule has 3 rings (SSSR count). The maximum atomic E-state index is 14.2. The van der Waals surface area contributed by atoms with Gasteiger partial charge in [-0.15, -0.1) is 0 Å². The molecule has 52 heavy (non-hydrogen) atoms. The van der Waals surface area contributed by atoms with Crippen LogP contribution in [0.3, 0.4) is 0 Å². The van der Waals surface area contributed by atoms with E-state index >= 15 is 0 Å². The Labute approximate surface area is 304 Å². The Balaban J connectivity index is 1.85. The quantitative estimate of drug-likeness (QED) is 0.159. The number of Topliss-reactive ketones (excluding diaryl/α,β-unsaturated/α-hetero) is 1. The van der Waals surface area contributed by atoms with Gasteiger partial charge < -0.3 is 24.8 Å². The van der Waals surface area contributed by atoms with E-state index in [9.17, 15) is 37.2 Å². The molecule has 2 aromatic carbocycles. The number of methoxy groups -OCH3 is 2. The molecule has 0 radical (unpaired) electrons. The van der Waals surface area contributed by atoms with Crippen molar-refractivity contribution in [3.8, 4) is 0 Å². The zero-order valence-corrected chi connectivity index (χ0v) is 31.0. The summed E-state index contributed by atoms with van der Waals surface area (Å²) in [7, 11) is -1.26. The van der Waals surface area contributed by atoms with E-state index in [1.54, 1.807) is 38.1 Å². The summed E-state index contributed by atoms with van der Waals surface area (Å²) in [6.07, 6.45) is 1.54. The normalized spacial score (nSPS) is 15.2. The van der Waals surface area contributed by atoms with Crippen LogP contribution in [0.15, 0.2) is 66.1 Å². The summed E-state index contributed by atoms with van der Waals surface area (Å²) >= 11 is 0. The molecule has 2 N–H and O–H groups in total. The highest BCUT2D eigenvalue weighted by Crippen LogP contribution is 2.31. The van der Waals surface area contributed by atoms with E-state index in [0.29, 0.717) is 12.8 Å². The van der Waals surface area contributed by atoms with Gasteiger partial charge in [-0.05, 0) is 41.4 Å². The highest BCUT2D eigenvalue weighted by molar-refractivity contribution is 7.93. The van der Waals surface area contributed by atoms with E-state index in [0.717, 1.165) is 42.6 Å². The minimum absolute atomic E-state index is 0.0309. The molecule has 0 aliphatic heterocycles.